The van der Waals surface area contributed by atoms with E-state index in [0.29, 0.717) is 19.3 Å². The molecule has 1 atom stereocenters. The highest BCUT2D eigenvalue weighted by molar-refractivity contribution is 5.71. The smallest absolute Gasteiger partial charge is 0.306 e. The predicted octanol–water partition coefficient (Wildman–Crippen LogP) is 20.1. The zero-order chi connectivity index (χ0) is 53.6. The van der Waals surface area contributed by atoms with Crippen LogP contribution in [0.4, 0.5) is 0 Å². The van der Waals surface area contributed by atoms with E-state index in [-0.39, 0.29) is 37.5 Å². The molecule has 0 rings (SSSR count). The molecular weight excluding hydrogens is 913 g/mol. The summed E-state index contributed by atoms with van der Waals surface area (Å²) in [4.78, 5) is 38.0. The highest BCUT2D eigenvalue weighted by atomic mass is 16.6. The zero-order valence-electron chi connectivity index (χ0n) is 47.3. The van der Waals surface area contributed by atoms with Crippen LogP contribution in [0.2, 0.25) is 0 Å². The molecule has 0 amide bonds. The van der Waals surface area contributed by atoms with E-state index in [2.05, 4.69) is 179 Å². The van der Waals surface area contributed by atoms with Crippen molar-refractivity contribution >= 4 is 17.9 Å². The number of esters is 3. The Balaban J connectivity index is 4.28. The van der Waals surface area contributed by atoms with Crippen LogP contribution >= 0.6 is 0 Å². The third kappa shape index (κ3) is 57.9. The van der Waals surface area contributed by atoms with Crippen LogP contribution in [0.3, 0.4) is 0 Å². The number of allylic oxidation sites excluding steroid dienone is 26. The predicted molar refractivity (Wildman–Crippen MR) is 320 cm³/mol. The molecule has 0 saturated carbocycles. The summed E-state index contributed by atoms with van der Waals surface area (Å²) in [6.07, 6.45) is 88.3. The highest BCUT2D eigenvalue weighted by Crippen LogP contribution is 2.13. The topological polar surface area (TPSA) is 78.9 Å². The van der Waals surface area contributed by atoms with Crippen molar-refractivity contribution in [1.29, 1.82) is 0 Å². The summed E-state index contributed by atoms with van der Waals surface area (Å²) in [7, 11) is 0. The quantitative estimate of drug-likeness (QED) is 0.0261. The first kappa shape index (κ1) is 69.0. The van der Waals surface area contributed by atoms with Crippen molar-refractivity contribution in [3.63, 3.8) is 0 Å². The van der Waals surface area contributed by atoms with Gasteiger partial charge in [-0.25, -0.2) is 0 Å². The van der Waals surface area contributed by atoms with Crippen LogP contribution in [0.5, 0.6) is 0 Å². The number of carbonyl (C=O) groups is 3. The van der Waals surface area contributed by atoms with Crippen LogP contribution in [-0.2, 0) is 28.6 Å². The molecule has 6 nitrogen and oxygen atoms in total. The minimum absolute atomic E-state index is 0.106. The normalized spacial score (nSPS) is 13.3. The lowest BCUT2D eigenvalue weighted by Crippen LogP contribution is -2.30. The number of hydrogen-bond donors (Lipinski definition) is 0. The first-order valence-corrected chi connectivity index (χ1v) is 29.5. The summed E-state index contributed by atoms with van der Waals surface area (Å²) < 4.78 is 16.7. The Morgan fingerprint density at radius 1 is 0.284 bits per heavy atom. The van der Waals surface area contributed by atoms with Gasteiger partial charge in [-0.15, -0.1) is 0 Å². The summed E-state index contributed by atoms with van der Waals surface area (Å²) in [5.74, 6) is -0.982. The maximum absolute atomic E-state index is 12.8. The Morgan fingerprint density at radius 3 is 0.851 bits per heavy atom. The minimum Gasteiger partial charge on any atom is -0.462 e. The number of ether oxygens (including phenoxy) is 3. The molecule has 0 bridgehead atoms. The Bertz CT molecular complexity index is 1690. The van der Waals surface area contributed by atoms with E-state index in [1.165, 1.54) is 32.1 Å². The maximum Gasteiger partial charge on any atom is 0.306 e. The van der Waals surface area contributed by atoms with Crippen molar-refractivity contribution in [2.75, 3.05) is 13.2 Å². The van der Waals surface area contributed by atoms with Crippen molar-refractivity contribution < 1.29 is 28.6 Å². The van der Waals surface area contributed by atoms with Gasteiger partial charge in [-0.3, -0.25) is 14.4 Å². The van der Waals surface area contributed by atoms with Crippen LogP contribution in [0.1, 0.15) is 233 Å². The molecule has 0 N–H and O–H groups in total. The molecule has 0 heterocycles. The van der Waals surface area contributed by atoms with Crippen molar-refractivity contribution in [1.82, 2.24) is 0 Å². The Hall–Kier alpha value is -4.97. The van der Waals surface area contributed by atoms with Crippen LogP contribution in [0, 0.1) is 0 Å². The van der Waals surface area contributed by atoms with Crippen molar-refractivity contribution in [2.45, 2.75) is 239 Å². The molecule has 0 aliphatic carbocycles. The number of carbonyl (C=O) groups excluding carboxylic acids is 3. The van der Waals surface area contributed by atoms with Gasteiger partial charge in [0.2, 0.25) is 0 Å². The second-order valence-corrected chi connectivity index (χ2v) is 18.8. The Morgan fingerprint density at radius 2 is 0.527 bits per heavy atom. The lowest BCUT2D eigenvalue weighted by molar-refractivity contribution is -0.167. The SMILES string of the molecule is CC/C=C\C/C=C\C/C=C\C/C=C\C/C=C\C/C=C\C/C=C\C/C=C\C/C=C\CCCCCCCC(=O)OCC(COC(=O)CCCCCCCCCC)OC(=O)CCCC/C=C\C/C=C\C/C=C\C/C=C\CC. The molecule has 74 heavy (non-hydrogen) atoms. The van der Waals surface area contributed by atoms with Gasteiger partial charge in [-0.1, -0.05) is 243 Å². The molecule has 0 radical (unpaired) electrons. The zero-order valence-corrected chi connectivity index (χ0v) is 47.3. The van der Waals surface area contributed by atoms with Crippen molar-refractivity contribution in [3.05, 3.63) is 158 Å². The van der Waals surface area contributed by atoms with E-state index in [1.807, 2.05) is 0 Å². The van der Waals surface area contributed by atoms with E-state index >= 15 is 0 Å². The number of rotatable bonds is 51. The van der Waals surface area contributed by atoms with E-state index < -0.39 is 6.10 Å². The molecule has 0 saturated heterocycles. The van der Waals surface area contributed by atoms with Crippen molar-refractivity contribution in [2.24, 2.45) is 0 Å². The van der Waals surface area contributed by atoms with Crippen LogP contribution in [0.15, 0.2) is 158 Å². The van der Waals surface area contributed by atoms with Gasteiger partial charge in [0.25, 0.3) is 0 Å². The third-order valence-corrected chi connectivity index (χ3v) is 11.8. The molecule has 414 valence electrons. The molecule has 0 aliphatic heterocycles. The lowest BCUT2D eigenvalue weighted by Gasteiger charge is -2.18. The Labute approximate surface area is 454 Å². The van der Waals surface area contributed by atoms with Crippen molar-refractivity contribution in [3.8, 4) is 0 Å². The second-order valence-electron chi connectivity index (χ2n) is 18.8. The Kier molecular flexibility index (Phi) is 56.5. The van der Waals surface area contributed by atoms with Gasteiger partial charge in [-0.05, 0) is 128 Å². The molecule has 0 spiro atoms. The molecule has 0 fully saturated rings. The molecule has 0 aromatic rings. The second kappa shape index (κ2) is 60.6. The van der Waals surface area contributed by atoms with Crippen LogP contribution in [0.25, 0.3) is 0 Å². The molecular formula is C68H106O6. The van der Waals surface area contributed by atoms with Gasteiger partial charge in [0, 0.05) is 19.3 Å². The molecule has 1 unspecified atom stereocenters. The first-order chi connectivity index (χ1) is 36.5. The fraction of sp³-hybridized carbons (Fsp3) is 0.574. The summed E-state index contributed by atoms with van der Waals surface area (Å²) in [5.41, 5.74) is 0. The van der Waals surface area contributed by atoms with Gasteiger partial charge in [0.15, 0.2) is 6.10 Å². The maximum atomic E-state index is 12.8. The van der Waals surface area contributed by atoms with Gasteiger partial charge < -0.3 is 14.2 Å². The fourth-order valence-electron chi connectivity index (χ4n) is 7.42. The van der Waals surface area contributed by atoms with E-state index in [9.17, 15) is 14.4 Å². The van der Waals surface area contributed by atoms with E-state index in [4.69, 9.17) is 14.2 Å². The summed E-state index contributed by atoms with van der Waals surface area (Å²) >= 11 is 0. The molecule has 0 aliphatic rings. The third-order valence-electron chi connectivity index (χ3n) is 11.8. The van der Waals surface area contributed by atoms with Gasteiger partial charge in [0.1, 0.15) is 13.2 Å². The van der Waals surface area contributed by atoms with E-state index in [1.54, 1.807) is 0 Å². The fourth-order valence-corrected chi connectivity index (χ4v) is 7.42. The van der Waals surface area contributed by atoms with Gasteiger partial charge >= 0.3 is 17.9 Å². The molecule has 0 aromatic carbocycles. The average Bonchev–Trinajstić information content (AvgIpc) is 3.40. The average molecular weight is 1020 g/mol. The standard InChI is InChI=1S/C68H106O6/c1-4-7-10-13-16-19-21-23-25-26-27-28-29-30-31-32-33-34-35-36-37-38-39-40-41-42-44-45-47-49-52-55-58-61-67(70)73-64-65(63-72-66(69)60-57-54-51-18-15-12-9-6-3)74-68(71)62-59-56-53-50-48-46-43-24-22-20-17-14-11-8-5-2/h7-8,10-11,16-17,19-20,23-25,27-28,30-31,33-34,36-37,39-40,42-44,48,50,65H,4-6,9,12-15,18,21-22,26,29,32,35,38,41,45-47,49,51-64H2,1-3H3/b10-7-,11-8-,19-16-,20-17-,25-23-,28-27-,31-30-,34-33-,37-36-,40-39-,43-24-,44-42-,50-48-. The summed E-state index contributed by atoms with van der Waals surface area (Å²) in [6, 6.07) is 0. The van der Waals surface area contributed by atoms with Crippen LogP contribution < -0.4 is 0 Å². The largest absolute Gasteiger partial charge is 0.462 e. The molecule has 0 aromatic heterocycles. The van der Waals surface area contributed by atoms with Gasteiger partial charge in [0.05, 0.1) is 0 Å². The lowest BCUT2D eigenvalue weighted by atomic mass is 10.1. The first-order valence-electron chi connectivity index (χ1n) is 29.5. The monoisotopic (exact) mass is 1020 g/mol. The van der Waals surface area contributed by atoms with Crippen LogP contribution in [-0.4, -0.2) is 37.2 Å². The highest BCUT2D eigenvalue weighted by Gasteiger charge is 2.19. The summed E-state index contributed by atoms with van der Waals surface area (Å²) in [6.45, 7) is 6.31. The minimum atomic E-state index is -0.812. The number of unbranched alkanes of at least 4 members (excludes halogenated alkanes) is 14. The summed E-state index contributed by atoms with van der Waals surface area (Å²) in [5, 5.41) is 0. The molecule has 6 heteroatoms. The van der Waals surface area contributed by atoms with E-state index in [0.717, 1.165) is 154 Å². The number of hydrogen-bond acceptors (Lipinski definition) is 6. The van der Waals surface area contributed by atoms with Gasteiger partial charge in [-0.2, -0.15) is 0 Å².